The normalized spacial score (nSPS) is 10.4. The number of hydrogen-bond acceptors (Lipinski definition) is 4. The third-order valence-corrected chi connectivity index (χ3v) is 3.05. The van der Waals surface area contributed by atoms with Gasteiger partial charge in [0, 0.05) is 19.9 Å². The topological polar surface area (TPSA) is 43.4 Å². The highest BCUT2D eigenvalue weighted by Crippen LogP contribution is 2.22. The minimum Gasteiger partial charge on any atom is -0.382 e. The standard InChI is InChI=1S/C11H17BrN2O2/c1-9-3-4-13-11(10(9)12)14-5-6-16-8-7-15-2/h3-4H,5-8H2,1-2H3,(H,13,14). The first-order chi connectivity index (χ1) is 7.75. The Bertz CT molecular complexity index is 321. The first-order valence-electron chi connectivity index (χ1n) is 5.17. The molecule has 0 amide bonds. The molecule has 0 radical (unpaired) electrons. The van der Waals surface area contributed by atoms with Crippen LogP contribution in [0, 0.1) is 6.92 Å². The van der Waals surface area contributed by atoms with Crippen molar-refractivity contribution in [2.75, 3.05) is 38.8 Å². The predicted octanol–water partition coefficient (Wildman–Crippen LogP) is 2.23. The van der Waals surface area contributed by atoms with E-state index in [0.717, 1.165) is 22.4 Å². The van der Waals surface area contributed by atoms with Crippen LogP contribution in [0.2, 0.25) is 0 Å². The molecule has 0 saturated carbocycles. The van der Waals surface area contributed by atoms with Crippen molar-refractivity contribution < 1.29 is 9.47 Å². The highest BCUT2D eigenvalue weighted by Gasteiger charge is 2.02. The lowest BCUT2D eigenvalue weighted by molar-refractivity contribution is 0.0759. The zero-order valence-electron chi connectivity index (χ0n) is 9.62. The lowest BCUT2D eigenvalue weighted by Crippen LogP contribution is -2.13. The van der Waals surface area contributed by atoms with Crippen molar-refractivity contribution >= 4 is 21.7 Å². The van der Waals surface area contributed by atoms with Crippen LogP contribution in [0.5, 0.6) is 0 Å². The Morgan fingerprint density at radius 2 is 2.19 bits per heavy atom. The van der Waals surface area contributed by atoms with E-state index >= 15 is 0 Å². The van der Waals surface area contributed by atoms with Crippen molar-refractivity contribution in [3.05, 3.63) is 22.3 Å². The highest BCUT2D eigenvalue weighted by atomic mass is 79.9. The lowest BCUT2D eigenvalue weighted by Gasteiger charge is -2.09. The molecule has 16 heavy (non-hydrogen) atoms. The van der Waals surface area contributed by atoms with Gasteiger partial charge >= 0.3 is 0 Å². The van der Waals surface area contributed by atoms with Crippen LogP contribution in [0.1, 0.15) is 5.56 Å². The van der Waals surface area contributed by atoms with Crippen LogP contribution in [0.25, 0.3) is 0 Å². The molecule has 1 aromatic heterocycles. The third-order valence-electron chi connectivity index (χ3n) is 2.05. The average molecular weight is 289 g/mol. The van der Waals surface area contributed by atoms with Crippen LogP contribution in [0.3, 0.4) is 0 Å². The molecular weight excluding hydrogens is 272 g/mol. The van der Waals surface area contributed by atoms with Gasteiger partial charge in [-0.25, -0.2) is 4.98 Å². The van der Waals surface area contributed by atoms with E-state index in [-0.39, 0.29) is 0 Å². The molecule has 0 aliphatic rings. The molecule has 0 saturated heterocycles. The number of nitrogens with one attached hydrogen (secondary N) is 1. The molecule has 0 fully saturated rings. The summed E-state index contributed by atoms with van der Waals surface area (Å²) in [5.41, 5.74) is 1.16. The molecule has 1 heterocycles. The minimum absolute atomic E-state index is 0.626. The van der Waals surface area contributed by atoms with Crippen molar-refractivity contribution in [3.8, 4) is 0 Å². The van der Waals surface area contributed by atoms with Gasteiger partial charge in [-0.15, -0.1) is 0 Å². The maximum Gasteiger partial charge on any atom is 0.140 e. The summed E-state index contributed by atoms with van der Waals surface area (Å²) in [6.07, 6.45) is 1.79. The van der Waals surface area contributed by atoms with Gasteiger partial charge in [-0.3, -0.25) is 0 Å². The summed E-state index contributed by atoms with van der Waals surface area (Å²) < 4.78 is 11.2. The number of aryl methyl sites for hydroxylation is 1. The van der Waals surface area contributed by atoms with Gasteiger partial charge in [0.05, 0.1) is 24.3 Å². The Balaban J connectivity index is 2.24. The molecule has 1 N–H and O–H groups in total. The SMILES string of the molecule is COCCOCCNc1nccc(C)c1Br. The average Bonchev–Trinajstić information content (AvgIpc) is 2.29. The number of halogens is 1. The fourth-order valence-electron chi connectivity index (χ4n) is 1.15. The van der Waals surface area contributed by atoms with Gasteiger partial charge in [-0.1, -0.05) is 0 Å². The zero-order chi connectivity index (χ0) is 11.8. The number of methoxy groups -OCH3 is 1. The molecule has 4 nitrogen and oxygen atoms in total. The molecule has 1 rings (SSSR count). The van der Waals surface area contributed by atoms with Crippen molar-refractivity contribution in [2.45, 2.75) is 6.92 Å². The fraction of sp³-hybridized carbons (Fsp3) is 0.545. The Morgan fingerprint density at radius 1 is 1.38 bits per heavy atom. The number of pyridine rings is 1. The summed E-state index contributed by atoms with van der Waals surface area (Å²) >= 11 is 3.49. The van der Waals surface area contributed by atoms with Crippen LogP contribution < -0.4 is 5.32 Å². The molecular formula is C11H17BrN2O2. The highest BCUT2D eigenvalue weighted by molar-refractivity contribution is 9.10. The van der Waals surface area contributed by atoms with E-state index in [1.165, 1.54) is 0 Å². The third kappa shape index (κ3) is 4.47. The summed E-state index contributed by atoms with van der Waals surface area (Å²) in [5, 5.41) is 3.21. The van der Waals surface area contributed by atoms with E-state index in [9.17, 15) is 0 Å². The number of rotatable bonds is 7. The van der Waals surface area contributed by atoms with E-state index in [4.69, 9.17) is 9.47 Å². The Morgan fingerprint density at radius 3 is 2.94 bits per heavy atom. The molecule has 1 aromatic rings. The summed E-state index contributed by atoms with van der Waals surface area (Å²) in [6.45, 7) is 4.67. The summed E-state index contributed by atoms with van der Waals surface area (Å²) in [4.78, 5) is 4.23. The monoisotopic (exact) mass is 288 g/mol. The van der Waals surface area contributed by atoms with Gasteiger partial charge in [-0.05, 0) is 34.5 Å². The molecule has 0 aliphatic heterocycles. The van der Waals surface area contributed by atoms with E-state index in [0.29, 0.717) is 19.8 Å². The minimum atomic E-state index is 0.626. The van der Waals surface area contributed by atoms with Gasteiger partial charge in [0.15, 0.2) is 0 Å². The second kappa shape index (κ2) is 7.60. The smallest absolute Gasteiger partial charge is 0.140 e. The number of ether oxygens (including phenoxy) is 2. The second-order valence-electron chi connectivity index (χ2n) is 3.32. The van der Waals surface area contributed by atoms with Gasteiger partial charge in [0.25, 0.3) is 0 Å². The van der Waals surface area contributed by atoms with Crippen molar-refractivity contribution in [1.29, 1.82) is 0 Å². The molecule has 0 aliphatic carbocycles. The van der Waals surface area contributed by atoms with Gasteiger partial charge in [0.2, 0.25) is 0 Å². The van der Waals surface area contributed by atoms with Crippen LogP contribution in [0.15, 0.2) is 16.7 Å². The van der Waals surface area contributed by atoms with E-state index < -0.39 is 0 Å². The Labute approximate surface area is 104 Å². The molecule has 0 bridgehead atoms. The van der Waals surface area contributed by atoms with Crippen LogP contribution in [0.4, 0.5) is 5.82 Å². The Kier molecular flexibility index (Phi) is 6.37. The first kappa shape index (κ1) is 13.4. The van der Waals surface area contributed by atoms with E-state index in [1.54, 1.807) is 13.3 Å². The number of aromatic nitrogens is 1. The first-order valence-corrected chi connectivity index (χ1v) is 5.96. The number of hydrogen-bond donors (Lipinski definition) is 1. The fourth-order valence-corrected chi connectivity index (χ4v) is 1.52. The van der Waals surface area contributed by atoms with Crippen LogP contribution >= 0.6 is 15.9 Å². The van der Waals surface area contributed by atoms with Gasteiger partial charge in [-0.2, -0.15) is 0 Å². The maximum atomic E-state index is 5.34. The number of anilines is 1. The molecule has 0 spiro atoms. The summed E-state index contributed by atoms with van der Waals surface area (Å²) in [7, 11) is 1.66. The molecule has 5 heteroatoms. The second-order valence-corrected chi connectivity index (χ2v) is 4.12. The van der Waals surface area contributed by atoms with Crippen molar-refractivity contribution in [1.82, 2.24) is 4.98 Å². The lowest BCUT2D eigenvalue weighted by atomic mass is 10.3. The zero-order valence-corrected chi connectivity index (χ0v) is 11.2. The Hall–Kier alpha value is -0.650. The van der Waals surface area contributed by atoms with Crippen LogP contribution in [-0.4, -0.2) is 38.5 Å². The largest absolute Gasteiger partial charge is 0.382 e. The number of nitrogens with zero attached hydrogens (tertiary/aromatic N) is 1. The van der Waals surface area contributed by atoms with E-state index in [1.807, 2.05) is 13.0 Å². The van der Waals surface area contributed by atoms with Crippen LogP contribution in [-0.2, 0) is 9.47 Å². The van der Waals surface area contributed by atoms with Gasteiger partial charge < -0.3 is 14.8 Å². The summed E-state index contributed by atoms with van der Waals surface area (Å²) in [6, 6.07) is 1.96. The van der Waals surface area contributed by atoms with Crippen molar-refractivity contribution in [2.24, 2.45) is 0 Å². The van der Waals surface area contributed by atoms with Gasteiger partial charge in [0.1, 0.15) is 5.82 Å². The molecule has 0 atom stereocenters. The predicted molar refractivity (Wildman–Crippen MR) is 67.9 cm³/mol. The summed E-state index contributed by atoms with van der Waals surface area (Å²) in [5.74, 6) is 0.857. The van der Waals surface area contributed by atoms with Crippen molar-refractivity contribution in [3.63, 3.8) is 0 Å². The molecule has 0 aromatic carbocycles. The van der Waals surface area contributed by atoms with E-state index in [2.05, 4.69) is 26.2 Å². The maximum absolute atomic E-state index is 5.34. The molecule has 0 unspecified atom stereocenters. The quantitative estimate of drug-likeness (QED) is 0.782. The molecule has 90 valence electrons.